The molecule has 5 aromatic rings. The van der Waals surface area contributed by atoms with Crippen LogP contribution in [0.2, 0.25) is 0 Å². The fourth-order valence-electron chi connectivity index (χ4n) is 4.77. The van der Waals surface area contributed by atoms with E-state index in [1.54, 1.807) is 31.3 Å². The van der Waals surface area contributed by atoms with Gasteiger partial charge in [0.05, 0.1) is 6.04 Å². The Kier molecular flexibility index (Phi) is 8.26. The number of rotatable bonds is 8. The summed E-state index contributed by atoms with van der Waals surface area (Å²) in [7, 11) is 1.74. The molecule has 2 unspecified atom stereocenters. The lowest BCUT2D eigenvalue weighted by molar-refractivity contribution is -0.138. The Hall–Kier alpha value is -4.30. The van der Waals surface area contributed by atoms with Gasteiger partial charge in [0, 0.05) is 48.3 Å². The number of nitrogens with one attached hydrogen (secondary N) is 2. The van der Waals surface area contributed by atoms with Gasteiger partial charge in [0.15, 0.2) is 6.61 Å². The Morgan fingerprint density at radius 1 is 1.10 bits per heavy atom. The predicted octanol–water partition coefficient (Wildman–Crippen LogP) is 6.18. The molecule has 2 atom stereocenters. The summed E-state index contributed by atoms with van der Waals surface area (Å²) < 4.78 is 11.3. The molecule has 3 aromatic heterocycles. The van der Waals surface area contributed by atoms with E-state index >= 15 is 0 Å². The first kappa shape index (κ1) is 27.7. The zero-order chi connectivity index (χ0) is 26.7. The quantitative estimate of drug-likeness (QED) is 0.242. The number of hydrogen-bond donors (Lipinski definition) is 2. The number of ether oxygens (including phenoxy) is 1. The summed E-state index contributed by atoms with van der Waals surface area (Å²) in [5.74, 6) is 0.280. The summed E-state index contributed by atoms with van der Waals surface area (Å²) in [6.07, 6.45) is 4.84. The third-order valence-corrected chi connectivity index (χ3v) is 6.98. The van der Waals surface area contributed by atoms with Gasteiger partial charge in [0.1, 0.15) is 16.9 Å². The maximum atomic E-state index is 14.0. The molecule has 0 fully saturated rings. The van der Waals surface area contributed by atoms with Crippen molar-refractivity contribution in [1.82, 2.24) is 20.2 Å². The van der Waals surface area contributed by atoms with Gasteiger partial charge in [-0.15, -0.1) is 12.4 Å². The van der Waals surface area contributed by atoms with E-state index in [-0.39, 0.29) is 37.4 Å². The van der Waals surface area contributed by atoms with Crippen LogP contribution in [-0.2, 0) is 22.6 Å². The standard InChI is InChI=1S/C30H30N4O4.ClH/c1-20(21-12-14-31-15-13-21)34(3)28(35)30(2,17-23-18-32-26-10-6-5-9-25(23)26)33-29(36)37-19-24-16-22-8-4-7-11-27(22)38-24;/h4-16,18,20,32H,17,19H2,1-3H3,(H,33,36);1H. The van der Waals surface area contributed by atoms with Crippen molar-refractivity contribution >= 4 is 46.3 Å². The van der Waals surface area contributed by atoms with Crippen LogP contribution < -0.4 is 5.32 Å². The van der Waals surface area contributed by atoms with Gasteiger partial charge in [-0.3, -0.25) is 9.78 Å². The van der Waals surface area contributed by atoms with Crippen LogP contribution in [0.15, 0.2) is 89.7 Å². The lowest BCUT2D eigenvalue weighted by Crippen LogP contribution is -2.58. The van der Waals surface area contributed by atoms with Crippen molar-refractivity contribution in [3.8, 4) is 0 Å². The number of alkyl carbamates (subject to hydrolysis) is 1. The van der Waals surface area contributed by atoms with Crippen LogP contribution in [0.4, 0.5) is 4.79 Å². The number of aromatic nitrogens is 2. The molecule has 0 radical (unpaired) electrons. The van der Waals surface area contributed by atoms with E-state index in [1.807, 2.05) is 79.9 Å². The number of halogens is 1. The molecule has 0 saturated carbocycles. The van der Waals surface area contributed by atoms with Gasteiger partial charge in [-0.2, -0.15) is 0 Å². The topological polar surface area (TPSA) is 100 Å². The monoisotopic (exact) mass is 546 g/mol. The minimum atomic E-state index is -1.29. The summed E-state index contributed by atoms with van der Waals surface area (Å²) in [5.41, 5.74) is 2.25. The number of hydrogen-bond acceptors (Lipinski definition) is 5. The van der Waals surface area contributed by atoms with E-state index in [0.29, 0.717) is 5.76 Å². The zero-order valence-electron chi connectivity index (χ0n) is 22.0. The van der Waals surface area contributed by atoms with E-state index in [0.717, 1.165) is 33.0 Å². The van der Waals surface area contributed by atoms with Crippen LogP contribution in [0, 0.1) is 0 Å². The summed E-state index contributed by atoms with van der Waals surface area (Å²) in [6.45, 7) is 3.62. The van der Waals surface area contributed by atoms with Gasteiger partial charge >= 0.3 is 6.09 Å². The molecular weight excluding hydrogens is 516 g/mol. The SMILES string of the molecule is CC(c1ccncc1)N(C)C(=O)C(C)(Cc1c[nH]c2ccccc12)NC(=O)OCc1cc2ccccc2o1.Cl. The minimum absolute atomic E-state index is 0. The summed E-state index contributed by atoms with van der Waals surface area (Å²) in [5, 5.41) is 4.79. The highest BCUT2D eigenvalue weighted by Crippen LogP contribution is 2.27. The average Bonchev–Trinajstić information content (AvgIpc) is 3.55. The van der Waals surface area contributed by atoms with Crippen molar-refractivity contribution in [3.05, 3.63) is 102 Å². The van der Waals surface area contributed by atoms with E-state index < -0.39 is 11.6 Å². The molecule has 5 rings (SSSR count). The number of H-pyrrole nitrogens is 1. The van der Waals surface area contributed by atoms with E-state index in [4.69, 9.17) is 9.15 Å². The van der Waals surface area contributed by atoms with Crippen molar-refractivity contribution < 1.29 is 18.7 Å². The van der Waals surface area contributed by atoms with Gasteiger partial charge < -0.3 is 24.4 Å². The average molecular weight is 547 g/mol. The molecule has 0 aliphatic carbocycles. The minimum Gasteiger partial charge on any atom is -0.457 e. The van der Waals surface area contributed by atoms with Crippen molar-refractivity contribution in [3.63, 3.8) is 0 Å². The van der Waals surface area contributed by atoms with Gasteiger partial charge in [0.2, 0.25) is 5.91 Å². The summed E-state index contributed by atoms with van der Waals surface area (Å²) in [6, 6.07) is 20.8. The molecule has 8 nitrogen and oxygen atoms in total. The fraction of sp³-hybridized carbons (Fsp3) is 0.233. The van der Waals surface area contributed by atoms with Crippen LogP contribution in [0.1, 0.15) is 36.8 Å². The zero-order valence-corrected chi connectivity index (χ0v) is 22.8. The Morgan fingerprint density at radius 2 is 1.82 bits per heavy atom. The van der Waals surface area contributed by atoms with Crippen molar-refractivity contribution in [1.29, 1.82) is 0 Å². The van der Waals surface area contributed by atoms with Crippen molar-refractivity contribution in [2.75, 3.05) is 7.05 Å². The van der Waals surface area contributed by atoms with Gasteiger partial charge in [-0.25, -0.2) is 4.79 Å². The highest BCUT2D eigenvalue weighted by molar-refractivity contribution is 5.91. The number of nitrogens with zero attached hydrogens (tertiary/aromatic N) is 2. The number of carbonyl (C=O) groups excluding carboxylic acids is 2. The lowest BCUT2D eigenvalue weighted by Gasteiger charge is -2.36. The van der Waals surface area contributed by atoms with Gasteiger partial charge in [-0.05, 0) is 55.3 Å². The largest absolute Gasteiger partial charge is 0.457 e. The normalized spacial score (nSPS) is 13.3. The highest BCUT2D eigenvalue weighted by atomic mass is 35.5. The van der Waals surface area contributed by atoms with E-state index in [9.17, 15) is 9.59 Å². The number of amides is 2. The molecular formula is C30H31ClN4O4. The number of pyridine rings is 1. The molecule has 202 valence electrons. The van der Waals surface area contributed by atoms with Gasteiger partial charge in [0.25, 0.3) is 0 Å². The van der Waals surface area contributed by atoms with E-state index in [1.165, 1.54) is 0 Å². The van der Waals surface area contributed by atoms with Crippen molar-refractivity contribution in [2.45, 2.75) is 38.5 Å². The first-order valence-electron chi connectivity index (χ1n) is 12.5. The Labute approximate surface area is 232 Å². The molecule has 2 amide bonds. The fourth-order valence-corrected chi connectivity index (χ4v) is 4.77. The van der Waals surface area contributed by atoms with Crippen molar-refractivity contribution in [2.24, 2.45) is 0 Å². The third kappa shape index (κ3) is 5.91. The van der Waals surface area contributed by atoms with Crippen LogP contribution in [0.5, 0.6) is 0 Å². The Bertz CT molecular complexity index is 1550. The second-order valence-electron chi connectivity index (χ2n) is 9.69. The second-order valence-corrected chi connectivity index (χ2v) is 9.69. The Balaban J connectivity index is 0.00000353. The molecule has 2 aromatic carbocycles. The molecule has 0 aliphatic rings. The first-order chi connectivity index (χ1) is 18.3. The van der Waals surface area contributed by atoms with Gasteiger partial charge in [-0.1, -0.05) is 36.4 Å². The molecule has 9 heteroatoms. The molecule has 0 aliphatic heterocycles. The molecule has 3 heterocycles. The smallest absolute Gasteiger partial charge is 0.408 e. The van der Waals surface area contributed by atoms with Crippen LogP contribution in [0.3, 0.4) is 0 Å². The number of likely N-dealkylation sites (N-methyl/N-ethyl adjacent to an activating group) is 1. The molecule has 0 saturated heterocycles. The molecule has 39 heavy (non-hydrogen) atoms. The number of fused-ring (bicyclic) bond motifs is 2. The Morgan fingerprint density at radius 3 is 2.59 bits per heavy atom. The molecule has 0 bridgehead atoms. The molecule has 2 N–H and O–H groups in total. The van der Waals surface area contributed by atoms with Crippen LogP contribution in [-0.4, -0.2) is 39.5 Å². The third-order valence-electron chi connectivity index (χ3n) is 6.98. The first-order valence-corrected chi connectivity index (χ1v) is 12.5. The number of furan rings is 1. The predicted molar refractivity (Wildman–Crippen MR) is 153 cm³/mol. The second kappa shape index (κ2) is 11.6. The maximum Gasteiger partial charge on any atom is 0.408 e. The molecule has 0 spiro atoms. The number of aromatic amines is 1. The number of carbonyl (C=O) groups is 2. The van der Waals surface area contributed by atoms with E-state index in [2.05, 4.69) is 15.3 Å². The number of para-hydroxylation sites is 2. The van der Waals surface area contributed by atoms with Crippen LogP contribution in [0.25, 0.3) is 21.9 Å². The summed E-state index contributed by atoms with van der Waals surface area (Å²) in [4.78, 5) is 36.0. The lowest BCUT2D eigenvalue weighted by atomic mass is 9.90. The number of benzene rings is 2. The van der Waals surface area contributed by atoms with Crippen LogP contribution >= 0.6 is 12.4 Å². The highest BCUT2D eigenvalue weighted by Gasteiger charge is 2.40. The maximum absolute atomic E-state index is 14.0. The summed E-state index contributed by atoms with van der Waals surface area (Å²) >= 11 is 0.